The summed E-state index contributed by atoms with van der Waals surface area (Å²) in [6.07, 6.45) is 1.61. The number of rotatable bonds is 6. The van der Waals surface area contributed by atoms with Crippen LogP contribution in [0.3, 0.4) is 0 Å². The van der Waals surface area contributed by atoms with E-state index in [1.54, 1.807) is 25.1 Å². The van der Waals surface area contributed by atoms with Gasteiger partial charge in [0, 0.05) is 16.8 Å². The molecule has 0 aliphatic rings. The van der Waals surface area contributed by atoms with Crippen LogP contribution in [-0.2, 0) is 11.2 Å². The largest absolute Gasteiger partial charge is 0.324 e. The molecule has 0 aliphatic carbocycles. The number of carbonyl (C=O) groups excluding carboxylic acids is 1. The van der Waals surface area contributed by atoms with Gasteiger partial charge in [-0.15, -0.1) is 0 Å². The van der Waals surface area contributed by atoms with E-state index < -0.39 is 5.25 Å². The average molecular weight is 386 g/mol. The van der Waals surface area contributed by atoms with Crippen molar-refractivity contribution in [1.29, 1.82) is 0 Å². The van der Waals surface area contributed by atoms with Gasteiger partial charge in [-0.3, -0.25) is 9.59 Å². The maximum atomic E-state index is 12.3. The molecule has 2 rings (SSSR count). The van der Waals surface area contributed by atoms with Gasteiger partial charge in [-0.1, -0.05) is 48.3 Å². The van der Waals surface area contributed by atoms with Crippen molar-refractivity contribution < 1.29 is 4.79 Å². The van der Waals surface area contributed by atoms with Crippen LogP contribution in [0.5, 0.6) is 0 Å². The lowest BCUT2D eigenvalue weighted by Crippen LogP contribution is -2.23. The van der Waals surface area contributed by atoms with Gasteiger partial charge in [0.15, 0.2) is 5.16 Å². The zero-order chi connectivity index (χ0) is 17.7. The van der Waals surface area contributed by atoms with Crippen LogP contribution in [-0.4, -0.2) is 21.1 Å². The number of aryl methyl sites for hydroxylation is 1. The summed E-state index contributed by atoms with van der Waals surface area (Å²) in [5.74, 6) is -0.257. The van der Waals surface area contributed by atoms with E-state index in [0.717, 1.165) is 12.8 Å². The first-order valence-electron chi connectivity index (χ1n) is 7.42. The van der Waals surface area contributed by atoms with Crippen LogP contribution in [0, 0.1) is 0 Å². The van der Waals surface area contributed by atoms with Gasteiger partial charge < -0.3 is 10.3 Å². The number of amides is 1. The number of nitrogens with one attached hydrogen (secondary N) is 2. The van der Waals surface area contributed by atoms with Gasteiger partial charge in [-0.25, -0.2) is 4.98 Å². The van der Waals surface area contributed by atoms with E-state index in [2.05, 4.69) is 15.3 Å². The highest BCUT2D eigenvalue weighted by Gasteiger charge is 2.17. The lowest BCUT2D eigenvalue weighted by atomic mass is 10.2. The summed E-state index contributed by atoms with van der Waals surface area (Å²) in [7, 11) is 0. The molecule has 0 saturated carbocycles. The zero-order valence-corrected chi connectivity index (χ0v) is 15.6. The Hall–Kier alpha value is -1.50. The molecule has 8 heteroatoms. The number of aromatic nitrogens is 2. The molecule has 0 saturated heterocycles. The number of nitrogens with zero attached hydrogens (tertiary/aromatic N) is 1. The summed E-state index contributed by atoms with van der Waals surface area (Å²) in [6.45, 7) is 3.74. The van der Waals surface area contributed by atoms with E-state index in [1.807, 2.05) is 6.92 Å². The molecule has 1 aromatic heterocycles. The number of aromatic amines is 1. The SMILES string of the molecule is CCCc1cc(=O)[nH]c(S[C@@H](C)C(=O)Nc2cc(Cl)ccc2Cl)n1. The number of thioether (sulfide) groups is 1. The fourth-order valence-electron chi connectivity index (χ4n) is 1.97. The summed E-state index contributed by atoms with van der Waals surface area (Å²) in [5, 5.41) is 3.56. The molecule has 1 atom stereocenters. The van der Waals surface area contributed by atoms with Crippen LogP contribution in [0.4, 0.5) is 5.69 Å². The number of H-pyrrole nitrogens is 1. The smallest absolute Gasteiger partial charge is 0.251 e. The Labute approximate surface area is 154 Å². The van der Waals surface area contributed by atoms with Crippen molar-refractivity contribution in [2.75, 3.05) is 5.32 Å². The minimum absolute atomic E-state index is 0.221. The number of carbonyl (C=O) groups is 1. The molecule has 0 radical (unpaired) electrons. The summed E-state index contributed by atoms with van der Waals surface area (Å²) in [6, 6.07) is 6.32. The van der Waals surface area contributed by atoms with Gasteiger partial charge >= 0.3 is 0 Å². The van der Waals surface area contributed by atoms with E-state index in [-0.39, 0.29) is 11.5 Å². The second kappa shape index (κ2) is 8.55. The lowest BCUT2D eigenvalue weighted by Gasteiger charge is -2.13. The van der Waals surface area contributed by atoms with Crippen molar-refractivity contribution in [2.24, 2.45) is 0 Å². The highest BCUT2D eigenvalue weighted by Crippen LogP contribution is 2.27. The molecule has 2 aromatic rings. The molecule has 1 heterocycles. The second-order valence-corrected chi connectivity index (χ2v) is 7.34. The number of benzene rings is 1. The first kappa shape index (κ1) is 18.8. The standard InChI is InChI=1S/C16H17Cl2N3O2S/c1-3-4-11-8-14(22)21-16(19-11)24-9(2)15(23)20-13-7-10(17)5-6-12(13)18/h5-9H,3-4H2,1-2H3,(H,20,23)(H,19,21,22)/t9-/m0/s1. The predicted molar refractivity (Wildman–Crippen MR) is 99.3 cm³/mol. The van der Waals surface area contributed by atoms with E-state index in [0.29, 0.717) is 26.6 Å². The normalized spacial score (nSPS) is 12.0. The van der Waals surface area contributed by atoms with E-state index in [1.165, 1.54) is 17.8 Å². The van der Waals surface area contributed by atoms with Crippen molar-refractivity contribution >= 4 is 46.6 Å². The first-order valence-corrected chi connectivity index (χ1v) is 9.05. The van der Waals surface area contributed by atoms with Gasteiger partial charge in [0.05, 0.1) is 16.0 Å². The van der Waals surface area contributed by atoms with Crippen LogP contribution in [0.15, 0.2) is 34.2 Å². The van der Waals surface area contributed by atoms with Crippen LogP contribution < -0.4 is 10.9 Å². The molecule has 0 aliphatic heterocycles. The summed E-state index contributed by atoms with van der Waals surface area (Å²) >= 11 is 13.1. The van der Waals surface area contributed by atoms with E-state index >= 15 is 0 Å². The molecular formula is C16H17Cl2N3O2S. The third-order valence-corrected chi connectivity index (χ3v) is 4.67. The van der Waals surface area contributed by atoms with Crippen LogP contribution in [0.1, 0.15) is 26.0 Å². The zero-order valence-electron chi connectivity index (χ0n) is 13.2. The Bertz CT molecular complexity index is 795. The molecule has 5 nitrogen and oxygen atoms in total. The third-order valence-electron chi connectivity index (χ3n) is 3.12. The monoisotopic (exact) mass is 385 g/mol. The first-order chi connectivity index (χ1) is 11.4. The molecular weight excluding hydrogens is 369 g/mol. The Morgan fingerprint density at radius 3 is 2.83 bits per heavy atom. The molecule has 128 valence electrons. The minimum atomic E-state index is -0.472. The van der Waals surface area contributed by atoms with Crippen molar-refractivity contribution in [1.82, 2.24) is 9.97 Å². The van der Waals surface area contributed by atoms with Crippen LogP contribution in [0.25, 0.3) is 0 Å². The van der Waals surface area contributed by atoms with Crippen molar-refractivity contribution in [3.8, 4) is 0 Å². The average Bonchev–Trinajstić information content (AvgIpc) is 2.50. The van der Waals surface area contributed by atoms with Crippen LogP contribution in [0.2, 0.25) is 10.0 Å². The topological polar surface area (TPSA) is 74.8 Å². The maximum absolute atomic E-state index is 12.3. The molecule has 0 unspecified atom stereocenters. The Balaban J connectivity index is 2.09. The van der Waals surface area contributed by atoms with Crippen LogP contribution >= 0.6 is 35.0 Å². The molecule has 0 bridgehead atoms. The Morgan fingerprint density at radius 1 is 1.38 bits per heavy atom. The molecule has 2 N–H and O–H groups in total. The van der Waals surface area contributed by atoms with Gasteiger partial charge in [-0.2, -0.15) is 0 Å². The molecule has 0 fully saturated rings. The Morgan fingerprint density at radius 2 is 2.12 bits per heavy atom. The molecule has 0 spiro atoms. The van der Waals surface area contributed by atoms with Gasteiger partial charge in [-0.05, 0) is 31.5 Å². The summed E-state index contributed by atoms with van der Waals surface area (Å²) < 4.78 is 0. The minimum Gasteiger partial charge on any atom is -0.324 e. The van der Waals surface area contributed by atoms with Gasteiger partial charge in [0.2, 0.25) is 5.91 Å². The maximum Gasteiger partial charge on any atom is 0.251 e. The lowest BCUT2D eigenvalue weighted by molar-refractivity contribution is -0.115. The number of anilines is 1. The molecule has 1 amide bonds. The second-order valence-electron chi connectivity index (χ2n) is 5.17. The van der Waals surface area contributed by atoms with Crippen molar-refractivity contribution in [2.45, 2.75) is 37.1 Å². The number of hydrogen-bond donors (Lipinski definition) is 2. The summed E-state index contributed by atoms with van der Waals surface area (Å²) in [5.41, 5.74) is 0.943. The van der Waals surface area contributed by atoms with Gasteiger partial charge in [0.25, 0.3) is 5.56 Å². The summed E-state index contributed by atoms with van der Waals surface area (Å²) in [4.78, 5) is 31.0. The van der Waals surface area contributed by atoms with E-state index in [9.17, 15) is 9.59 Å². The highest BCUT2D eigenvalue weighted by atomic mass is 35.5. The van der Waals surface area contributed by atoms with E-state index in [4.69, 9.17) is 23.2 Å². The van der Waals surface area contributed by atoms with Crippen molar-refractivity contribution in [3.63, 3.8) is 0 Å². The Kier molecular flexibility index (Phi) is 6.71. The quantitative estimate of drug-likeness (QED) is 0.578. The fraction of sp³-hybridized carbons (Fsp3) is 0.312. The predicted octanol–water partition coefficient (Wildman–Crippen LogP) is 4.15. The fourth-order valence-corrected chi connectivity index (χ4v) is 3.14. The molecule has 24 heavy (non-hydrogen) atoms. The molecule has 1 aromatic carbocycles. The van der Waals surface area contributed by atoms with Crippen molar-refractivity contribution in [3.05, 3.63) is 50.4 Å². The number of halogens is 2. The number of hydrogen-bond acceptors (Lipinski definition) is 4. The third kappa shape index (κ3) is 5.26. The highest BCUT2D eigenvalue weighted by molar-refractivity contribution is 8.00. The van der Waals surface area contributed by atoms with Gasteiger partial charge in [0.1, 0.15) is 0 Å².